The standard InChI is InChI=1S/C14H20ClNO2/c1-10(2)16(8-11(3)14(17)18)9-12-5-4-6-13(15)7-12/h4-7,10-11H,8-9H2,1-3H3,(H,17,18). The monoisotopic (exact) mass is 269 g/mol. The first-order valence-corrected chi connectivity index (χ1v) is 6.49. The number of hydrogen-bond acceptors (Lipinski definition) is 2. The minimum absolute atomic E-state index is 0.297. The molecule has 18 heavy (non-hydrogen) atoms. The van der Waals surface area contributed by atoms with E-state index in [2.05, 4.69) is 18.7 Å². The fourth-order valence-electron chi connectivity index (χ4n) is 1.76. The van der Waals surface area contributed by atoms with E-state index >= 15 is 0 Å². The van der Waals surface area contributed by atoms with Crippen molar-refractivity contribution in [2.45, 2.75) is 33.4 Å². The van der Waals surface area contributed by atoms with Gasteiger partial charge in [-0.15, -0.1) is 0 Å². The van der Waals surface area contributed by atoms with Crippen molar-refractivity contribution >= 4 is 17.6 Å². The number of carbonyl (C=O) groups is 1. The van der Waals surface area contributed by atoms with Gasteiger partial charge in [-0.1, -0.05) is 30.7 Å². The quantitative estimate of drug-likeness (QED) is 0.862. The molecule has 0 saturated heterocycles. The highest BCUT2D eigenvalue weighted by molar-refractivity contribution is 6.30. The van der Waals surface area contributed by atoms with Gasteiger partial charge in [-0.05, 0) is 31.5 Å². The largest absolute Gasteiger partial charge is 0.481 e. The predicted octanol–water partition coefficient (Wildman–Crippen LogP) is 3.27. The lowest BCUT2D eigenvalue weighted by atomic mass is 10.1. The molecule has 0 bridgehead atoms. The van der Waals surface area contributed by atoms with Gasteiger partial charge in [0.05, 0.1) is 5.92 Å². The molecule has 0 fully saturated rings. The van der Waals surface area contributed by atoms with Gasteiger partial charge in [0.2, 0.25) is 0 Å². The first kappa shape index (κ1) is 15.0. The van der Waals surface area contributed by atoms with E-state index in [0.29, 0.717) is 17.6 Å². The summed E-state index contributed by atoms with van der Waals surface area (Å²) in [5.74, 6) is -1.13. The summed E-state index contributed by atoms with van der Waals surface area (Å²) in [5.41, 5.74) is 1.11. The predicted molar refractivity (Wildman–Crippen MR) is 73.8 cm³/mol. The highest BCUT2D eigenvalue weighted by atomic mass is 35.5. The number of rotatable bonds is 6. The normalized spacial score (nSPS) is 13.0. The maximum absolute atomic E-state index is 10.9. The number of hydrogen-bond donors (Lipinski definition) is 1. The van der Waals surface area contributed by atoms with Gasteiger partial charge in [0.15, 0.2) is 0 Å². The van der Waals surface area contributed by atoms with Crippen LogP contribution in [0.2, 0.25) is 5.02 Å². The Hall–Kier alpha value is -1.06. The molecule has 0 aliphatic heterocycles. The van der Waals surface area contributed by atoms with Crippen LogP contribution in [0.4, 0.5) is 0 Å². The maximum atomic E-state index is 10.9. The smallest absolute Gasteiger partial charge is 0.307 e. The molecular formula is C14H20ClNO2. The third-order valence-corrected chi connectivity index (χ3v) is 3.17. The minimum Gasteiger partial charge on any atom is -0.481 e. The molecule has 0 heterocycles. The number of nitrogens with zero attached hydrogens (tertiary/aromatic N) is 1. The van der Waals surface area contributed by atoms with E-state index in [1.54, 1.807) is 6.92 Å². The molecule has 1 atom stereocenters. The van der Waals surface area contributed by atoms with Gasteiger partial charge in [-0.2, -0.15) is 0 Å². The van der Waals surface area contributed by atoms with E-state index in [0.717, 1.165) is 12.1 Å². The van der Waals surface area contributed by atoms with Crippen molar-refractivity contribution in [3.05, 3.63) is 34.9 Å². The van der Waals surface area contributed by atoms with Gasteiger partial charge in [-0.25, -0.2) is 0 Å². The van der Waals surface area contributed by atoms with Gasteiger partial charge >= 0.3 is 5.97 Å². The molecule has 0 radical (unpaired) electrons. The summed E-state index contributed by atoms with van der Waals surface area (Å²) in [7, 11) is 0. The summed E-state index contributed by atoms with van der Waals surface area (Å²) in [6.07, 6.45) is 0. The molecule has 1 unspecified atom stereocenters. The Balaban J connectivity index is 2.72. The van der Waals surface area contributed by atoms with E-state index in [4.69, 9.17) is 16.7 Å². The minimum atomic E-state index is -0.758. The van der Waals surface area contributed by atoms with Gasteiger partial charge < -0.3 is 5.11 Å². The topological polar surface area (TPSA) is 40.5 Å². The second-order valence-corrected chi connectivity index (χ2v) is 5.33. The molecular weight excluding hydrogens is 250 g/mol. The molecule has 0 spiro atoms. The zero-order valence-electron chi connectivity index (χ0n) is 11.1. The molecule has 1 N–H and O–H groups in total. The van der Waals surface area contributed by atoms with Gasteiger partial charge in [0.1, 0.15) is 0 Å². The number of carboxylic acid groups (broad SMARTS) is 1. The lowest BCUT2D eigenvalue weighted by molar-refractivity contribution is -0.141. The Bertz CT molecular complexity index is 407. The van der Waals surface area contributed by atoms with E-state index in [1.807, 2.05) is 24.3 Å². The molecule has 100 valence electrons. The van der Waals surface area contributed by atoms with Crippen LogP contribution in [0.5, 0.6) is 0 Å². The SMILES string of the molecule is CC(CN(Cc1cccc(Cl)c1)C(C)C)C(=O)O. The van der Waals surface area contributed by atoms with Crippen LogP contribution < -0.4 is 0 Å². The Morgan fingerprint density at radius 3 is 2.56 bits per heavy atom. The van der Waals surface area contributed by atoms with Crippen LogP contribution in [0.3, 0.4) is 0 Å². The number of halogens is 1. The molecule has 0 saturated carbocycles. The molecule has 1 rings (SSSR count). The van der Waals surface area contributed by atoms with Gasteiger partial charge in [-0.3, -0.25) is 9.69 Å². The summed E-state index contributed by atoms with van der Waals surface area (Å²) >= 11 is 5.95. The van der Waals surface area contributed by atoms with Gasteiger partial charge in [0.25, 0.3) is 0 Å². The fourth-order valence-corrected chi connectivity index (χ4v) is 1.97. The van der Waals surface area contributed by atoms with E-state index in [9.17, 15) is 4.79 Å². The average Bonchev–Trinajstić information content (AvgIpc) is 2.27. The number of aliphatic carboxylic acids is 1. The molecule has 0 aromatic heterocycles. The van der Waals surface area contributed by atoms with E-state index in [-0.39, 0.29) is 5.92 Å². The van der Waals surface area contributed by atoms with Crippen LogP contribution in [-0.2, 0) is 11.3 Å². The van der Waals surface area contributed by atoms with Crippen LogP contribution in [0.25, 0.3) is 0 Å². The third kappa shape index (κ3) is 4.67. The number of carboxylic acids is 1. The Kier molecular flexibility index (Phi) is 5.63. The highest BCUT2D eigenvalue weighted by Crippen LogP contribution is 2.15. The van der Waals surface area contributed by atoms with E-state index < -0.39 is 5.97 Å². The molecule has 0 amide bonds. The van der Waals surface area contributed by atoms with Crippen molar-refractivity contribution in [3.8, 4) is 0 Å². The second-order valence-electron chi connectivity index (χ2n) is 4.89. The first-order chi connectivity index (χ1) is 8.40. The molecule has 0 aliphatic carbocycles. The fraction of sp³-hybridized carbons (Fsp3) is 0.500. The summed E-state index contributed by atoms with van der Waals surface area (Å²) in [6.45, 7) is 7.13. The van der Waals surface area contributed by atoms with Crippen LogP contribution in [0, 0.1) is 5.92 Å². The van der Waals surface area contributed by atoms with Crippen molar-refractivity contribution in [2.75, 3.05) is 6.54 Å². The third-order valence-electron chi connectivity index (χ3n) is 2.93. The lowest BCUT2D eigenvalue weighted by Gasteiger charge is -2.28. The molecule has 0 aliphatic rings. The lowest BCUT2D eigenvalue weighted by Crippen LogP contribution is -2.36. The molecule has 1 aromatic carbocycles. The summed E-state index contributed by atoms with van der Waals surface area (Å²) in [4.78, 5) is 13.1. The van der Waals surface area contributed by atoms with Crippen molar-refractivity contribution in [1.82, 2.24) is 4.90 Å². The van der Waals surface area contributed by atoms with Crippen LogP contribution >= 0.6 is 11.6 Å². The number of benzene rings is 1. The molecule has 3 nitrogen and oxygen atoms in total. The molecule has 4 heteroatoms. The van der Waals surface area contributed by atoms with Crippen LogP contribution in [-0.4, -0.2) is 28.6 Å². The summed E-state index contributed by atoms with van der Waals surface area (Å²) in [5, 5.41) is 9.69. The second kappa shape index (κ2) is 6.76. The van der Waals surface area contributed by atoms with Crippen molar-refractivity contribution < 1.29 is 9.90 Å². The average molecular weight is 270 g/mol. The van der Waals surface area contributed by atoms with Gasteiger partial charge in [0, 0.05) is 24.2 Å². The highest BCUT2D eigenvalue weighted by Gasteiger charge is 2.18. The van der Waals surface area contributed by atoms with E-state index in [1.165, 1.54) is 0 Å². The summed E-state index contributed by atoms with van der Waals surface area (Å²) in [6, 6.07) is 7.97. The maximum Gasteiger partial charge on any atom is 0.307 e. The van der Waals surface area contributed by atoms with Crippen LogP contribution in [0.15, 0.2) is 24.3 Å². The Morgan fingerprint density at radius 2 is 2.06 bits per heavy atom. The van der Waals surface area contributed by atoms with Crippen molar-refractivity contribution in [1.29, 1.82) is 0 Å². The zero-order valence-corrected chi connectivity index (χ0v) is 11.8. The Morgan fingerprint density at radius 1 is 1.39 bits per heavy atom. The van der Waals surface area contributed by atoms with Crippen molar-refractivity contribution in [3.63, 3.8) is 0 Å². The zero-order chi connectivity index (χ0) is 13.7. The Labute approximate surface area is 113 Å². The summed E-state index contributed by atoms with van der Waals surface area (Å²) < 4.78 is 0. The van der Waals surface area contributed by atoms with Crippen molar-refractivity contribution in [2.24, 2.45) is 5.92 Å². The first-order valence-electron chi connectivity index (χ1n) is 6.11. The van der Waals surface area contributed by atoms with Crippen LogP contribution in [0.1, 0.15) is 26.3 Å². The molecule has 1 aromatic rings.